The molecule has 41 heavy (non-hydrogen) atoms. The molecule has 0 radical (unpaired) electrons. The van der Waals surface area contributed by atoms with Gasteiger partial charge in [-0.2, -0.15) is 0 Å². The van der Waals surface area contributed by atoms with Gasteiger partial charge in [0.1, 0.15) is 13.1 Å². The van der Waals surface area contributed by atoms with Crippen molar-refractivity contribution < 1.29 is 63.1 Å². The number of quaternary nitrogens is 2. The van der Waals surface area contributed by atoms with Crippen LogP contribution in [0.4, 0.5) is 0 Å². The molecule has 0 saturated heterocycles. The first-order valence-electron chi connectivity index (χ1n) is 10.5. The Morgan fingerprint density at radius 2 is 1.22 bits per heavy atom. The van der Waals surface area contributed by atoms with Crippen molar-refractivity contribution in [3.8, 4) is 0 Å². The second-order valence-corrected chi connectivity index (χ2v) is 10.8. The summed E-state index contributed by atoms with van der Waals surface area (Å²) in [7, 11) is 9.83. The second kappa shape index (κ2) is 32.2. The first kappa shape index (κ1) is 77.7. The number of primary amides is 1. The number of carbonyl (C=O) groups excluding carboxylic acids is 3. The van der Waals surface area contributed by atoms with Crippen LogP contribution in [0.15, 0.2) is 0 Å². The molecular weight excluding hydrogens is 531 g/mol. The van der Waals surface area contributed by atoms with Crippen molar-refractivity contribution in [2.75, 3.05) is 55.0 Å². The zero-order valence-electron chi connectivity index (χ0n) is 21.0. The second-order valence-electron chi connectivity index (χ2n) is 10.8. The topological polar surface area (TPSA) is 133 Å². The molecule has 256 valence electrons. The van der Waals surface area contributed by atoms with Crippen LogP contribution < -0.4 is 45.7 Å². The molecule has 2 amide bonds. The summed E-state index contributed by atoms with van der Waals surface area (Å²) in [5, 5.41) is 24.8. The van der Waals surface area contributed by atoms with Crippen molar-refractivity contribution >= 4 is 17.8 Å². The molecular formula is C31H83N4NaO5+2. The van der Waals surface area contributed by atoms with Crippen LogP contribution >= 0.6 is 0 Å². The Bertz CT molecular complexity index is 610. The van der Waals surface area contributed by atoms with Crippen LogP contribution in [-0.2, 0) is 14.4 Å². The van der Waals surface area contributed by atoms with Gasteiger partial charge in [0.05, 0.1) is 35.2 Å². The average molecular weight is 615 g/mol. The Balaban J connectivity index is -0.0000000765. The van der Waals surface area contributed by atoms with E-state index in [1.54, 1.807) is 20.8 Å². The molecule has 3 atom stereocenters. The molecule has 0 saturated carbocycles. The maximum absolute atomic E-state index is 12.8. The molecule has 0 fully saturated rings. The summed E-state index contributed by atoms with van der Waals surface area (Å²) in [5.41, 5.74) is 4.37. The van der Waals surface area contributed by atoms with Crippen LogP contribution in [0.25, 0.3) is 0 Å². The molecule has 0 bridgehead atoms. The zero-order valence-corrected chi connectivity index (χ0v) is 23.0. The molecule has 0 spiro atoms. The predicted molar refractivity (Wildman–Crippen MR) is 181 cm³/mol. The minimum absolute atomic E-state index is 0. The number of hydrogen-bond donors (Lipinski definition) is 3. The fourth-order valence-electron chi connectivity index (χ4n) is 3.65. The Labute approximate surface area is 283 Å². The summed E-state index contributed by atoms with van der Waals surface area (Å²) in [5.74, 6) is -3.62. The van der Waals surface area contributed by atoms with Crippen molar-refractivity contribution in [1.29, 1.82) is 0 Å². The molecule has 4 N–H and O–H groups in total. The Hall–Kier alpha value is -0.710. The van der Waals surface area contributed by atoms with Gasteiger partial charge in [0.2, 0.25) is 11.8 Å². The van der Waals surface area contributed by atoms with Gasteiger partial charge >= 0.3 is 29.6 Å². The fourth-order valence-corrected chi connectivity index (χ4v) is 3.65. The summed E-state index contributed by atoms with van der Waals surface area (Å²) >= 11 is 0. The van der Waals surface area contributed by atoms with Crippen LogP contribution in [0.5, 0.6) is 0 Å². The molecule has 0 aromatic carbocycles. The molecule has 0 aliphatic carbocycles. The number of aliphatic carboxylic acids is 1. The van der Waals surface area contributed by atoms with Gasteiger partial charge in [-0.05, 0) is 19.3 Å². The third-order valence-electron chi connectivity index (χ3n) is 5.30. The van der Waals surface area contributed by atoms with E-state index in [0.717, 1.165) is 0 Å². The first-order valence-corrected chi connectivity index (χ1v) is 10.5. The average Bonchev–Trinajstić information content (AvgIpc) is 2.53. The van der Waals surface area contributed by atoms with Crippen molar-refractivity contribution in [2.45, 2.75) is 120 Å². The van der Waals surface area contributed by atoms with Gasteiger partial charge in [-0.15, -0.1) is 0 Å². The molecule has 0 aromatic rings. The molecule has 0 aliphatic rings. The fraction of sp³-hybridized carbons (Fsp3) is 0.903. The van der Waals surface area contributed by atoms with E-state index in [4.69, 9.17) is 5.73 Å². The number of nitrogens with one attached hydrogen (secondary N) is 1. The van der Waals surface area contributed by atoms with Gasteiger partial charge < -0.3 is 35.0 Å². The van der Waals surface area contributed by atoms with Crippen LogP contribution in [0.1, 0.15) is 114 Å². The maximum atomic E-state index is 12.8. The van der Waals surface area contributed by atoms with Crippen LogP contribution in [0, 0.1) is 17.3 Å². The van der Waals surface area contributed by atoms with E-state index >= 15 is 0 Å². The van der Waals surface area contributed by atoms with Gasteiger partial charge in [0.25, 0.3) is 0 Å². The van der Waals surface area contributed by atoms with E-state index in [2.05, 4.69) is 5.32 Å². The van der Waals surface area contributed by atoms with Crippen molar-refractivity contribution in [1.82, 2.24) is 5.32 Å². The molecule has 10 heteroatoms. The number of nitrogens with two attached hydrogens (primary N) is 1. The summed E-state index contributed by atoms with van der Waals surface area (Å²) in [6.45, 7) is 6.48. The van der Waals surface area contributed by atoms with Crippen molar-refractivity contribution in [3.05, 3.63) is 0 Å². The predicted octanol–water partition coefficient (Wildman–Crippen LogP) is 2.25. The molecule has 0 aromatic heterocycles. The minimum atomic E-state index is -1.28. The van der Waals surface area contributed by atoms with Gasteiger partial charge in [0, 0.05) is 23.2 Å². The largest absolute Gasteiger partial charge is 1.00 e. The maximum Gasteiger partial charge on any atom is 1.00 e. The zero-order chi connectivity index (χ0) is 23.9. The molecule has 3 unspecified atom stereocenters. The number of likely N-dealkylation sites (N-methyl/N-ethyl adjacent to an activating group) is 2. The van der Waals surface area contributed by atoms with Crippen LogP contribution in [0.2, 0.25) is 0 Å². The third kappa shape index (κ3) is 33.7. The molecule has 0 heterocycles. The normalized spacial score (nSPS) is 11.6. The number of rotatable bonds is 14. The molecule has 0 rings (SSSR count). The number of nitrogens with zero attached hydrogens (tertiary/aromatic N) is 2. The quantitative estimate of drug-likeness (QED) is 0.157. The molecule has 0 aliphatic heterocycles. The van der Waals surface area contributed by atoms with E-state index < -0.39 is 35.2 Å². The van der Waals surface area contributed by atoms with Gasteiger partial charge in [0.15, 0.2) is 12.8 Å². The number of carbonyl (C=O) groups is 3. The van der Waals surface area contributed by atoms with E-state index in [-0.39, 0.29) is 123 Å². The van der Waals surface area contributed by atoms with Crippen molar-refractivity contribution in [3.63, 3.8) is 0 Å². The van der Waals surface area contributed by atoms with E-state index in [1.165, 1.54) is 0 Å². The summed E-state index contributed by atoms with van der Waals surface area (Å²) in [6.07, 6.45) is 0.0197. The Morgan fingerprint density at radius 1 is 0.829 bits per heavy atom. The number of carboxylic acids is 1. The Morgan fingerprint density at radius 3 is 1.51 bits per heavy atom. The van der Waals surface area contributed by atoms with Crippen molar-refractivity contribution in [2.24, 2.45) is 23.0 Å². The third-order valence-corrected chi connectivity index (χ3v) is 5.30. The standard InChI is InChI=1S/C21H42N4O5.10CH4.Na/c1-9-15(18(22)27)10-16(19(28)29)11-21(2,3)20(30)23-14-25(7,8)13-17(26)12-24(4,5)6;;;;;;;;;;;/h15-17,26H,9-14H2,1-8H3,(H2-2,22,23,27,28,29,30);10*1H4;/q;;;;;;;;;;;+1/p+1. The summed E-state index contributed by atoms with van der Waals surface area (Å²) in [6, 6.07) is 0. The Kier molecular flexibility index (Phi) is 61.1. The van der Waals surface area contributed by atoms with Gasteiger partial charge in [-0.3, -0.25) is 9.59 Å². The number of hydrogen-bond acceptors (Lipinski definition) is 5. The van der Waals surface area contributed by atoms with E-state index in [9.17, 15) is 24.6 Å². The minimum Gasteiger partial charge on any atom is -0.550 e. The number of aliphatic hydroxyl groups is 1. The van der Waals surface area contributed by atoms with Crippen LogP contribution in [-0.4, -0.2) is 93.0 Å². The summed E-state index contributed by atoms with van der Waals surface area (Å²) < 4.78 is 1.02. The van der Waals surface area contributed by atoms with Gasteiger partial charge in [-0.1, -0.05) is 95.0 Å². The smallest absolute Gasteiger partial charge is 0.550 e. The number of amides is 2. The summed E-state index contributed by atoms with van der Waals surface area (Å²) in [4.78, 5) is 35.9. The van der Waals surface area contributed by atoms with Crippen LogP contribution in [0.3, 0.4) is 0 Å². The van der Waals surface area contributed by atoms with E-state index in [1.807, 2.05) is 35.2 Å². The monoisotopic (exact) mass is 615 g/mol. The molecule has 9 nitrogen and oxygen atoms in total. The van der Waals surface area contributed by atoms with E-state index in [0.29, 0.717) is 35.1 Å². The number of aliphatic hydroxyl groups excluding tert-OH is 1. The first-order chi connectivity index (χ1) is 13.4. The SMILES string of the molecule is C.C.C.C.C.C.C.C.C.C.CCC(CC(CC(C)(C)C(=O)NC[N+](C)(C)CC(O)C[N+](C)(C)C)C(=O)[O-])C(N)=O.[Na+]. The number of carboxylic acid groups (broad SMARTS) is 1. The van der Waals surface area contributed by atoms with Gasteiger partial charge in [-0.25, -0.2) is 0 Å².